The van der Waals surface area contributed by atoms with Gasteiger partial charge in [0.25, 0.3) is 0 Å². The normalized spacial score (nSPS) is 10.4. The molecule has 0 aliphatic carbocycles. The molecule has 42 heavy (non-hydrogen) atoms. The van der Waals surface area contributed by atoms with Crippen LogP contribution in [0.1, 0.15) is 27.3 Å². The molecular formula is C30H30BBrN3O6S. The number of rotatable bonds is 10. The number of carbonyl (C=O) groups is 2. The predicted octanol–water partition coefficient (Wildman–Crippen LogP) is 5.83. The molecule has 0 saturated heterocycles. The molecule has 12 heteroatoms. The van der Waals surface area contributed by atoms with Crippen molar-refractivity contribution in [2.45, 2.75) is 24.5 Å². The quantitative estimate of drug-likeness (QED) is 0.0989. The fourth-order valence-electron chi connectivity index (χ4n) is 3.20. The number of halogens is 1. The van der Waals surface area contributed by atoms with E-state index < -0.39 is 4.83 Å². The zero-order valence-corrected chi connectivity index (χ0v) is 25.6. The van der Waals surface area contributed by atoms with Gasteiger partial charge in [-0.25, -0.2) is 0 Å². The number of esters is 2. The number of methoxy groups -OCH3 is 2. The van der Waals surface area contributed by atoms with Crippen molar-refractivity contribution in [2.75, 3.05) is 14.2 Å². The van der Waals surface area contributed by atoms with E-state index in [2.05, 4.69) is 60.1 Å². The van der Waals surface area contributed by atoms with Crippen molar-refractivity contribution in [2.24, 2.45) is 4.30 Å². The van der Waals surface area contributed by atoms with E-state index in [0.717, 1.165) is 34.0 Å². The molecule has 1 atom stereocenters. The molecular weight excluding hydrogens is 621 g/mol. The van der Waals surface area contributed by atoms with E-state index in [1.807, 2.05) is 84.9 Å². The van der Waals surface area contributed by atoms with Crippen molar-refractivity contribution in [3.8, 4) is 11.5 Å². The number of pyridine rings is 2. The van der Waals surface area contributed by atoms with Gasteiger partial charge in [-0.1, -0.05) is 52.3 Å². The van der Waals surface area contributed by atoms with Gasteiger partial charge in [0.15, 0.2) is 0 Å². The molecule has 9 nitrogen and oxygen atoms in total. The van der Waals surface area contributed by atoms with Crippen molar-refractivity contribution in [1.82, 2.24) is 9.97 Å². The summed E-state index contributed by atoms with van der Waals surface area (Å²) in [6.07, 6.45) is 3.74. The summed E-state index contributed by atoms with van der Waals surface area (Å²) in [5.74, 6) is 0.901. The van der Waals surface area contributed by atoms with Gasteiger partial charge >= 0.3 is 36.7 Å². The third-order valence-electron chi connectivity index (χ3n) is 5.31. The maximum atomic E-state index is 11.4. The Kier molecular flexibility index (Phi) is 16.2. The molecule has 0 aliphatic heterocycles. The Morgan fingerprint density at radius 3 is 1.69 bits per heavy atom. The molecule has 0 saturated carbocycles. The number of hydrogen-bond acceptors (Lipinski definition) is 10. The van der Waals surface area contributed by atoms with Crippen LogP contribution >= 0.6 is 28.7 Å². The molecule has 1 radical (unpaired) electrons. The summed E-state index contributed by atoms with van der Waals surface area (Å²) in [5, 5.41) is 0. The number of alkyl halides is 1. The second-order valence-corrected chi connectivity index (χ2v) is 9.33. The summed E-state index contributed by atoms with van der Waals surface area (Å²) in [6.45, 7) is 0.839. The first kappa shape index (κ1) is 34.2. The fourth-order valence-corrected chi connectivity index (χ4v) is 3.69. The van der Waals surface area contributed by atoms with Gasteiger partial charge in [0, 0.05) is 12.4 Å². The van der Waals surface area contributed by atoms with Crippen LogP contribution in [0.3, 0.4) is 0 Å². The number of thiol groups is 1. The molecule has 4 aromatic rings. The first-order valence-corrected chi connectivity index (χ1v) is 13.8. The molecule has 0 spiro atoms. The van der Waals surface area contributed by atoms with Crippen molar-refractivity contribution in [3.05, 3.63) is 120 Å². The minimum atomic E-state index is -0.461. The standard InChI is InChI=1S/C15H14BrNO3.C15H15NO3.BHNS/c1-19-15(18)14(16)11-5-7-13(8-6-11)20-10-12-4-2-3-9-17-12;1-18-15(17)10-12-5-7-14(8-6-12)19-11-13-4-2-3-9-16-13;1-2-3/h2-9,14H,10H2,1H3;2-9H,10-11H2,1H3;3H. The summed E-state index contributed by atoms with van der Waals surface area (Å²) in [7, 11) is 7.08. The van der Waals surface area contributed by atoms with E-state index in [1.54, 1.807) is 12.4 Å². The van der Waals surface area contributed by atoms with Gasteiger partial charge < -0.3 is 18.9 Å². The molecule has 2 aromatic heterocycles. The van der Waals surface area contributed by atoms with Crippen molar-refractivity contribution < 1.29 is 28.5 Å². The molecule has 0 bridgehead atoms. The first-order chi connectivity index (χ1) is 20.4. The molecule has 4 rings (SSSR count). The Balaban J connectivity index is 0.000000269. The van der Waals surface area contributed by atoms with Gasteiger partial charge in [0.1, 0.15) is 29.5 Å². The van der Waals surface area contributed by atoms with Crippen LogP contribution in [-0.2, 0) is 38.7 Å². The molecule has 2 heterocycles. The SMILES string of the molecule is COC(=O)C(Br)c1ccc(OCc2ccccn2)cc1.COC(=O)Cc1ccc(OCc2ccccn2)cc1.[B]=NS. The molecule has 0 amide bonds. The Morgan fingerprint density at radius 2 is 1.29 bits per heavy atom. The van der Waals surface area contributed by atoms with E-state index in [1.165, 1.54) is 14.2 Å². The number of nitrogens with zero attached hydrogens (tertiary/aromatic N) is 3. The van der Waals surface area contributed by atoms with Gasteiger partial charge in [-0.3, -0.25) is 19.6 Å². The van der Waals surface area contributed by atoms with E-state index in [-0.39, 0.29) is 18.4 Å². The Morgan fingerprint density at radius 1 is 0.810 bits per heavy atom. The maximum absolute atomic E-state index is 11.4. The summed E-state index contributed by atoms with van der Waals surface area (Å²) in [5.41, 5.74) is 3.46. The second kappa shape index (κ2) is 20.0. The number of benzene rings is 2. The van der Waals surface area contributed by atoms with Crippen LogP contribution in [0.2, 0.25) is 0 Å². The molecule has 2 aromatic carbocycles. The third-order valence-corrected chi connectivity index (χ3v) is 6.21. The Hall–Kier alpha value is -4.03. The second-order valence-electron chi connectivity index (χ2n) is 8.19. The molecule has 0 N–H and O–H groups in total. The van der Waals surface area contributed by atoms with Gasteiger partial charge in [0.2, 0.25) is 0 Å². The molecule has 1 unspecified atom stereocenters. The zero-order valence-electron chi connectivity index (χ0n) is 23.1. The monoisotopic (exact) mass is 650 g/mol. The average Bonchev–Trinajstić information content (AvgIpc) is 3.04. The van der Waals surface area contributed by atoms with Crippen LogP contribution in [0.15, 0.2) is 102 Å². The van der Waals surface area contributed by atoms with Gasteiger partial charge in [-0.2, -0.15) is 0 Å². The van der Waals surface area contributed by atoms with Crippen LogP contribution in [0, 0.1) is 0 Å². The summed E-state index contributed by atoms with van der Waals surface area (Å²) in [4.78, 5) is 30.4. The number of carbonyl (C=O) groups excluding carboxylic acids is 2. The van der Waals surface area contributed by atoms with E-state index in [0.29, 0.717) is 13.2 Å². The fraction of sp³-hybridized carbons (Fsp3) is 0.200. The van der Waals surface area contributed by atoms with E-state index >= 15 is 0 Å². The van der Waals surface area contributed by atoms with Crippen molar-refractivity contribution in [1.29, 1.82) is 0 Å². The molecule has 0 fully saturated rings. The topological polar surface area (TPSA) is 109 Å². The number of hydrogen-bond donors (Lipinski definition) is 1. The van der Waals surface area contributed by atoms with Crippen LogP contribution in [-0.4, -0.2) is 43.8 Å². The Labute approximate surface area is 260 Å². The van der Waals surface area contributed by atoms with Crippen molar-refractivity contribution >= 4 is 48.3 Å². The van der Waals surface area contributed by atoms with Crippen LogP contribution < -0.4 is 9.47 Å². The van der Waals surface area contributed by atoms with Gasteiger partial charge in [-0.05, 0) is 59.7 Å². The Bertz CT molecular complexity index is 1350. The zero-order chi connectivity index (χ0) is 30.6. The van der Waals surface area contributed by atoms with Crippen LogP contribution in [0.5, 0.6) is 11.5 Å². The van der Waals surface area contributed by atoms with Crippen LogP contribution in [0.25, 0.3) is 0 Å². The van der Waals surface area contributed by atoms with Crippen molar-refractivity contribution in [3.63, 3.8) is 0 Å². The van der Waals surface area contributed by atoms with Gasteiger partial charge in [-0.15, -0.1) is 0 Å². The summed E-state index contributed by atoms with van der Waals surface area (Å²) in [6, 6.07) is 26.0. The predicted molar refractivity (Wildman–Crippen MR) is 167 cm³/mol. The summed E-state index contributed by atoms with van der Waals surface area (Å²) >= 11 is 6.48. The molecule has 0 aliphatic rings. The average molecular weight is 651 g/mol. The third kappa shape index (κ3) is 13.1. The van der Waals surface area contributed by atoms with Gasteiger partial charge in [0.05, 0.1) is 32.0 Å². The summed E-state index contributed by atoms with van der Waals surface area (Å²) < 4.78 is 23.2. The van der Waals surface area contributed by atoms with Crippen LogP contribution in [0.4, 0.5) is 0 Å². The molecule has 217 valence electrons. The van der Waals surface area contributed by atoms with E-state index in [4.69, 9.17) is 9.47 Å². The first-order valence-electron chi connectivity index (χ1n) is 12.5. The number of aromatic nitrogens is 2. The number of ether oxygens (including phenoxy) is 4. The minimum absolute atomic E-state index is 0.248. The van der Waals surface area contributed by atoms with E-state index in [9.17, 15) is 9.59 Å².